The first-order valence-electron chi connectivity index (χ1n) is 5.65. The number of carbonyl (C=O) groups is 1. The number of rotatable bonds is 2. The lowest BCUT2D eigenvalue weighted by Gasteiger charge is -2.37. The molecule has 0 aromatic rings. The highest BCUT2D eigenvalue weighted by Crippen LogP contribution is 2.40. The van der Waals surface area contributed by atoms with Crippen molar-refractivity contribution >= 4 is 5.97 Å². The molecule has 0 spiro atoms. The van der Waals surface area contributed by atoms with E-state index in [0.29, 0.717) is 6.61 Å². The van der Waals surface area contributed by atoms with Gasteiger partial charge in [0.05, 0.1) is 6.61 Å². The summed E-state index contributed by atoms with van der Waals surface area (Å²) in [5.41, 5.74) is 1.12. The molecule has 0 fully saturated rings. The molecule has 1 aliphatic rings. The summed E-state index contributed by atoms with van der Waals surface area (Å²) < 4.78 is 13.1. The van der Waals surface area contributed by atoms with Crippen molar-refractivity contribution in [3.63, 3.8) is 0 Å². The summed E-state index contributed by atoms with van der Waals surface area (Å²) >= 11 is 0. The minimum atomic E-state index is -0.245. The van der Waals surface area contributed by atoms with Gasteiger partial charge in [-0.05, 0) is 25.2 Å². The highest BCUT2D eigenvalue weighted by molar-refractivity contribution is 5.65. The SMILES string of the molecule is [2H][C@@H]1CC=C(C)[C@@H](COC(C)=O)C1(C)C. The second-order valence-electron chi connectivity index (χ2n) is 4.56. The van der Waals surface area contributed by atoms with Gasteiger partial charge in [0, 0.05) is 14.2 Å². The lowest BCUT2D eigenvalue weighted by Crippen LogP contribution is -2.32. The molecule has 0 unspecified atom stereocenters. The first-order chi connectivity index (χ1) is 6.85. The molecule has 0 aromatic heterocycles. The van der Waals surface area contributed by atoms with Crippen LogP contribution in [0.2, 0.25) is 0 Å². The van der Waals surface area contributed by atoms with Crippen molar-refractivity contribution in [3.8, 4) is 0 Å². The van der Waals surface area contributed by atoms with E-state index >= 15 is 0 Å². The molecule has 2 atom stereocenters. The van der Waals surface area contributed by atoms with E-state index in [4.69, 9.17) is 6.11 Å². The Bertz CT molecular complexity index is 281. The Kier molecular flexibility index (Phi) is 2.90. The highest BCUT2D eigenvalue weighted by Gasteiger charge is 2.33. The third-order valence-corrected chi connectivity index (χ3v) is 2.98. The molecule has 0 bridgehead atoms. The van der Waals surface area contributed by atoms with Crippen molar-refractivity contribution in [2.24, 2.45) is 11.3 Å². The van der Waals surface area contributed by atoms with Gasteiger partial charge in [-0.3, -0.25) is 4.79 Å². The van der Waals surface area contributed by atoms with Crippen LogP contribution >= 0.6 is 0 Å². The van der Waals surface area contributed by atoms with E-state index in [1.54, 1.807) is 0 Å². The summed E-state index contributed by atoms with van der Waals surface area (Å²) in [7, 11) is 0. The maximum absolute atomic E-state index is 10.8. The predicted molar refractivity (Wildman–Crippen MR) is 56.9 cm³/mol. The molecule has 0 aromatic carbocycles. The Morgan fingerprint density at radius 3 is 3.00 bits per heavy atom. The van der Waals surface area contributed by atoms with Gasteiger partial charge < -0.3 is 4.74 Å². The zero-order chi connectivity index (χ0) is 11.6. The van der Waals surface area contributed by atoms with Crippen LogP contribution in [-0.2, 0) is 9.53 Å². The van der Waals surface area contributed by atoms with E-state index in [1.807, 2.05) is 0 Å². The van der Waals surface area contributed by atoms with Crippen molar-refractivity contribution in [1.82, 2.24) is 0 Å². The van der Waals surface area contributed by atoms with Gasteiger partial charge in [-0.25, -0.2) is 0 Å². The number of carbonyl (C=O) groups excluding carboxylic acids is 1. The van der Waals surface area contributed by atoms with Crippen molar-refractivity contribution in [2.75, 3.05) is 6.61 Å². The Hall–Kier alpha value is -0.790. The Morgan fingerprint density at radius 2 is 2.43 bits per heavy atom. The van der Waals surface area contributed by atoms with Crippen LogP contribution < -0.4 is 0 Å². The zero-order valence-electron chi connectivity index (χ0n) is 10.5. The fourth-order valence-corrected chi connectivity index (χ4v) is 1.97. The van der Waals surface area contributed by atoms with Gasteiger partial charge >= 0.3 is 5.97 Å². The molecule has 0 heterocycles. The Morgan fingerprint density at radius 1 is 1.79 bits per heavy atom. The van der Waals surface area contributed by atoms with Crippen LogP contribution in [0.5, 0.6) is 0 Å². The van der Waals surface area contributed by atoms with Crippen molar-refractivity contribution < 1.29 is 10.9 Å². The van der Waals surface area contributed by atoms with Gasteiger partial charge in [-0.15, -0.1) is 0 Å². The number of esters is 1. The number of ether oxygens (including phenoxy) is 1. The molecular formula is C12H20O2. The minimum absolute atomic E-state index is 0.109. The van der Waals surface area contributed by atoms with Crippen molar-refractivity contribution in [2.45, 2.75) is 40.5 Å². The molecule has 2 nitrogen and oxygen atoms in total. The molecule has 0 amide bonds. The first kappa shape index (κ1) is 9.75. The van der Waals surface area contributed by atoms with Gasteiger partial charge in [0.15, 0.2) is 0 Å². The summed E-state index contributed by atoms with van der Waals surface area (Å²) in [6, 6.07) is 0. The third kappa shape index (κ3) is 2.60. The summed E-state index contributed by atoms with van der Waals surface area (Å²) in [5.74, 6) is -0.0663. The molecule has 0 aliphatic heterocycles. The molecule has 0 saturated carbocycles. The fraction of sp³-hybridized carbons (Fsp3) is 0.750. The molecule has 0 radical (unpaired) electrons. The first-order valence-corrected chi connectivity index (χ1v) is 5.08. The number of allylic oxidation sites excluding steroid dienone is 1. The molecule has 2 heteroatoms. The van der Waals surface area contributed by atoms with Crippen molar-refractivity contribution in [1.29, 1.82) is 0 Å². The van der Waals surface area contributed by atoms with Gasteiger partial charge in [0.25, 0.3) is 0 Å². The quantitative estimate of drug-likeness (QED) is 0.502. The molecule has 0 N–H and O–H groups in total. The number of hydrogen-bond donors (Lipinski definition) is 0. The molecule has 80 valence electrons. The standard InChI is InChI=1S/C12H20O2/c1-9-6-5-7-12(3,4)11(9)8-14-10(2)13/h6,11H,5,7-8H2,1-4H3/t11-/m1/s1/i7D/t7-,11-. The molecular weight excluding hydrogens is 176 g/mol. The van der Waals surface area contributed by atoms with E-state index < -0.39 is 0 Å². The van der Waals surface area contributed by atoms with E-state index in [-0.39, 0.29) is 23.7 Å². The Labute approximate surface area is 87.7 Å². The van der Waals surface area contributed by atoms with E-state index in [0.717, 1.165) is 6.42 Å². The highest BCUT2D eigenvalue weighted by atomic mass is 16.5. The predicted octanol–water partition coefficient (Wildman–Crippen LogP) is 2.93. The second-order valence-corrected chi connectivity index (χ2v) is 4.56. The van der Waals surface area contributed by atoms with Gasteiger partial charge in [0.2, 0.25) is 0 Å². The second kappa shape index (κ2) is 4.16. The normalized spacial score (nSPS) is 31.7. The average Bonchev–Trinajstić information content (AvgIpc) is 2.11. The van der Waals surface area contributed by atoms with Gasteiger partial charge in [0.1, 0.15) is 0 Å². The smallest absolute Gasteiger partial charge is 0.302 e. The largest absolute Gasteiger partial charge is 0.465 e. The van der Waals surface area contributed by atoms with Crippen LogP contribution in [0.1, 0.15) is 41.9 Å². The molecule has 0 saturated heterocycles. The minimum Gasteiger partial charge on any atom is -0.465 e. The lowest BCUT2D eigenvalue weighted by atomic mass is 9.69. The summed E-state index contributed by atoms with van der Waals surface area (Å²) in [6.45, 7) is 8.04. The Balaban J connectivity index is 2.77. The third-order valence-electron chi connectivity index (χ3n) is 2.98. The van der Waals surface area contributed by atoms with Crippen LogP contribution in [0.15, 0.2) is 11.6 Å². The molecule has 1 rings (SSSR count). The summed E-state index contributed by atoms with van der Waals surface area (Å²) in [4.78, 5) is 10.8. The van der Waals surface area contributed by atoms with Crippen LogP contribution in [0, 0.1) is 11.3 Å². The van der Waals surface area contributed by atoms with Crippen LogP contribution in [0.3, 0.4) is 0 Å². The monoisotopic (exact) mass is 197 g/mol. The van der Waals surface area contributed by atoms with Crippen LogP contribution in [0.4, 0.5) is 0 Å². The summed E-state index contributed by atoms with van der Waals surface area (Å²) in [5, 5.41) is 0. The van der Waals surface area contributed by atoms with Crippen LogP contribution in [-0.4, -0.2) is 12.6 Å². The fourth-order valence-electron chi connectivity index (χ4n) is 1.97. The maximum Gasteiger partial charge on any atom is 0.302 e. The summed E-state index contributed by atoms with van der Waals surface area (Å²) in [6.07, 6.45) is 2.79. The van der Waals surface area contributed by atoms with Crippen molar-refractivity contribution in [3.05, 3.63) is 11.6 Å². The topological polar surface area (TPSA) is 26.3 Å². The zero-order valence-corrected chi connectivity index (χ0v) is 9.46. The lowest BCUT2D eigenvalue weighted by molar-refractivity contribution is -0.143. The molecule has 14 heavy (non-hydrogen) atoms. The van der Waals surface area contributed by atoms with Crippen LogP contribution in [0.25, 0.3) is 0 Å². The maximum atomic E-state index is 10.8. The average molecular weight is 197 g/mol. The van der Waals surface area contributed by atoms with Gasteiger partial charge in [-0.2, -0.15) is 0 Å². The van der Waals surface area contributed by atoms with E-state index in [1.165, 1.54) is 12.5 Å². The van der Waals surface area contributed by atoms with E-state index in [9.17, 15) is 4.79 Å². The molecule has 1 aliphatic carbocycles. The van der Waals surface area contributed by atoms with E-state index in [2.05, 4.69) is 26.8 Å². The number of hydrogen-bond acceptors (Lipinski definition) is 2. The van der Waals surface area contributed by atoms with Gasteiger partial charge in [-0.1, -0.05) is 25.5 Å².